The van der Waals surface area contributed by atoms with Crippen LogP contribution in [0.1, 0.15) is 5.56 Å². The van der Waals surface area contributed by atoms with E-state index in [1.54, 1.807) is 25.2 Å². The number of nitrogen functional groups attached to an aromatic ring is 1. The Hall–Kier alpha value is -2.06. The molecule has 0 spiro atoms. The van der Waals surface area contributed by atoms with Gasteiger partial charge in [-0.2, -0.15) is 9.40 Å². The summed E-state index contributed by atoms with van der Waals surface area (Å²) in [5.41, 5.74) is 6.12. The standard InChI is InChI=1S/C12H16N4O3S/c1-15-8-11(12(13)14-15)20(18,19)16(2)7-9-5-3-4-6-10(9)17/h3-6,8,17H,7H2,1-2H3,(H2,13,14). The predicted octanol–water partition coefficient (Wildman–Crippen LogP) is 0.529. The molecule has 0 saturated carbocycles. The van der Waals surface area contributed by atoms with Gasteiger partial charge in [-0.1, -0.05) is 18.2 Å². The lowest BCUT2D eigenvalue weighted by Gasteiger charge is -2.17. The second-order valence-corrected chi connectivity index (χ2v) is 6.46. The zero-order valence-corrected chi connectivity index (χ0v) is 12.0. The van der Waals surface area contributed by atoms with Gasteiger partial charge in [0, 0.05) is 32.4 Å². The number of para-hydroxylation sites is 1. The number of aromatic nitrogens is 2. The Labute approximate surface area is 117 Å². The van der Waals surface area contributed by atoms with Crippen molar-refractivity contribution in [2.45, 2.75) is 11.4 Å². The molecule has 0 fully saturated rings. The largest absolute Gasteiger partial charge is 0.508 e. The minimum Gasteiger partial charge on any atom is -0.508 e. The molecule has 0 saturated heterocycles. The quantitative estimate of drug-likeness (QED) is 0.857. The first-order valence-corrected chi connectivity index (χ1v) is 7.28. The van der Waals surface area contributed by atoms with Crippen molar-refractivity contribution >= 4 is 15.8 Å². The van der Waals surface area contributed by atoms with Crippen molar-refractivity contribution in [1.82, 2.24) is 14.1 Å². The van der Waals surface area contributed by atoms with Crippen molar-refractivity contribution < 1.29 is 13.5 Å². The molecule has 0 atom stereocenters. The first kappa shape index (κ1) is 14.4. The van der Waals surface area contributed by atoms with Gasteiger partial charge in [-0.25, -0.2) is 8.42 Å². The molecule has 2 aromatic rings. The molecule has 0 amide bonds. The Balaban J connectivity index is 2.31. The summed E-state index contributed by atoms with van der Waals surface area (Å²) in [6.45, 7) is 0.0450. The zero-order chi connectivity index (χ0) is 14.9. The molecule has 0 aliphatic rings. The van der Waals surface area contributed by atoms with Crippen LogP contribution in [0.15, 0.2) is 35.4 Å². The van der Waals surface area contributed by atoms with E-state index in [1.807, 2.05) is 0 Å². The number of hydrogen-bond acceptors (Lipinski definition) is 5. The van der Waals surface area contributed by atoms with E-state index in [4.69, 9.17) is 5.73 Å². The molecule has 1 aromatic carbocycles. The van der Waals surface area contributed by atoms with Crippen molar-refractivity contribution in [2.75, 3.05) is 12.8 Å². The lowest BCUT2D eigenvalue weighted by Crippen LogP contribution is -2.26. The van der Waals surface area contributed by atoms with E-state index < -0.39 is 10.0 Å². The number of rotatable bonds is 4. The van der Waals surface area contributed by atoms with Gasteiger partial charge in [-0.05, 0) is 6.07 Å². The van der Waals surface area contributed by atoms with Crippen LogP contribution in [-0.2, 0) is 23.6 Å². The van der Waals surface area contributed by atoms with Crippen LogP contribution in [0.3, 0.4) is 0 Å². The molecule has 2 rings (SSSR count). The highest BCUT2D eigenvalue weighted by Gasteiger charge is 2.26. The number of benzene rings is 1. The van der Waals surface area contributed by atoms with Gasteiger partial charge in [0.15, 0.2) is 5.82 Å². The summed E-state index contributed by atoms with van der Waals surface area (Å²) in [6.07, 6.45) is 1.35. The summed E-state index contributed by atoms with van der Waals surface area (Å²) < 4.78 is 27.2. The molecule has 108 valence electrons. The molecule has 8 heteroatoms. The van der Waals surface area contributed by atoms with Gasteiger partial charge in [-0.3, -0.25) is 4.68 Å². The summed E-state index contributed by atoms with van der Waals surface area (Å²) in [4.78, 5) is -0.0436. The third-order valence-corrected chi connectivity index (χ3v) is 4.71. The number of nitrogens with two attached hydrogens (primary N) is 1. The van der Waals surface area contributed by atoms with Crippen molar-refractivity contribution in [2.24, 2.45) is 7.05 Å². The van der Waals surface area contributed by atoms with Crippen molar-refractivity contribution in [1.29, 1.82) is 0 Å². The normalized spacial score (nSPS) is 11.9. The van der Waals surface area contributed by atoms with E-state index in [2.05, 4.69) is 5.10 Å². The lowest BCUT2D eigenvalue weighted by molar-refractivity contribution is 0.436. The van der Waals surface area contributed by atoms with Crippen LogP contribution in [-0.4, -0.2) is 34.7 Å². The van der Waals surface area contributed by atoms with Crippen LogP contribution >= 0.6 is 0 Å². The molecule has 1 aromatic heterocycles. The third-order valence-electron chi connectivity index (χ3n) is 2.89. The Morgan fingerprint density at radius 2 is 2.05 bits per heavy atom. The Morgan fingerprint density at radius 1 is 1.40 bits per heavy atom. The van der Waals surface area contributed by atoms with Gasteiger partial charge in [0.1, 0.15) is 10.6 Å². The number of aromatic hydroxyl groups is 1. The monoisotopic (exact) mass is 296 g/mol. The molecular formula is C12H16N4O3S. The molecule has 0 radical (unpaired) electrons. The van der Waals surface area contributed by atoms with Gasteiger partial charge < -0.3 is 10.8 Å². The highest BCUT2D eigenvalue weighted by Crippen LogP contribution is 2.23. The van der Waals surface area contributed by atoms with Crippen molar-refractivity contribution in [3.8, 4) is 5.75 Å². The maximum atomic E-state index is 12.4. The Bertz CT molecular complexity index is 724. The Morgan fingerprint density at radius 3 is 2.60 bits per heavy atom. The van der Waals surface area contributed by atoms with E-state index in [9.17, 15) is 13.5 Å². The molecular weight excluding hydrogens is 280 g/mol. The smallest absolute Gasteiger partial charge is 0.248 e. The van der Waals surface area contributed by atoms with Gasteiger partial charge in [0.2, 0.25) is 10.0 Å². The predicted molar refractivity (Wildman–Crippen MR) is 74.4 cm³/mol. The topological polar surface area (TPSA) is 101 Å². The van der Waals surface area contributed by atoms with Crippen LogP contribution in [0.4, 0.5) is 5.82 Å². The number of nitrogens with zero attached hydrogens (tertiary/aromatic N) is 3. The average Bonchev–Trinajstić information content (AvgIpc) is 2.72. The van der Waals surface area contributed by atoms with Crippen molar-refractivity contribution in [3.05, 3.63) is 36.0 Å². The average molecular weight is 296 g/mol. The fraction of sp³-hybridized carbons (Fsp3) is 0.250. The molecule has 0 bridgehead atoms. The number of phenolic OH excluding ortho intramolecular Hbond substituents is 1. The summed E-state index contributed by atoms with van der Waals surface area (Å²) in [6, 6.07) is 6.57. The molecule has 0 unspecified atom stereocenters. The first-order chi connectivity index (χ1) is 9.32. The van der Waals surface area contributed by atoms with Crippen LogP contribution in [0, 0.1) is 0 Å². The van der Waals surface area contributed by atoms with E-state index in [0.29, 0.717) is 5.56 Å². The second-order valence-electron chi connectivity index (χ2n) is 4.44. The highest BCUT2D eigenvalue weighted by molar-refractivity contribution is 7.89. The summed E-state index contributed by atoms with van der Waals surface area (Å²) in [5, 5.41) is 13.5. The van der Waals surface area contributed by atoms with Gasteiger partial charge >= 0.3 is 0 Å². The zero-order valence-electron chi connectivity index (χ0n) is 11.2. The third kappa shape index (κ3) is 2.61. The number of phenols is 1. The molecule has 3 N–H and O–H groups in total. The minimum absolute atomic E-state index is 0.0436. The van der Waals surface area contributed by atoms with Crippen LogP contribution in [0.2, 0.25) is 0 Å². The minimum atomic E-state index is -3.75. The SMILES string of the molecule is CN(Cc1ccccc1O)S(=O)(=O)c1cn(C)nc1N. The fourth-order valence-electron chi connectivity index (χ4n) is 1.82. The fourth-order valence-corrected chi connectivity index (χ4v) is 3.06. The molecule has 20 heavy (non-hydrogen) atoms. The number of hydrogen-bond donors (Lipinski definition) is 2. The lowest BCUT2D eigenvalue weighted by atomic mass is 10.2. The summed E-state index contributed by atoms with van der Waals surface area (Å²) >= 11 is 0. The molecule has 7 nitrogen and oxygen atoms in total. The summed E-state index contributed by atoms with van der Waals surface area (Å²) in [5.74, 6) is 0.00495. The highest BCUT2D eigenvalue weighted by atomic mass is 32.2. The maximum Gasteiger partial charge on any atom is 0.248 e. The van der Waals surface area contributed by atoms with E-state index in [-0.39, 0.29) is 23.0 Å². The van der Waals surface area contributed by atoms with E-state index >= 15 is 0 Å². The van der Waals surface area contributed by atoms with Crippen LogP contribution < -0.4 is 5.73 Å². The maximum absolute atomic E-state index is 12.4. The van der Waals surface area contributed by atoms with Gasteiger partial charge in [0.25, 0.3) is 0 Å². The van der Waals surface area contributed by atoms with Crippen molar-refractivity contribution in [3.63, 3.8) is 0 Å². The van der Waals surface area contributed by atoms with Crippen LogP contribution in [0.5, 0.6) is 5.75 Å². The summed E-state index contributed by atoms with van der Waals surface area (Å²) in [7, 11) is -0.729. The number of anilines is 1. The number of aryl methyl sites for hydroxylation is 1. The van der Waals surface area contributed by atoms with E-state index in [1.165, 1.54) is 24.0 Å². The molecule has 1 heterocycles. The van der Waals surface area contributed by atoms with Gasteiger partial charge in [-0.15, -0.1) is 0 Å². The van der Waals surface area contributed by atoms with Gasteiger partial charge in [0.05, 0.1) is 0 Å². The Kier molecular flexibility index (Phi) is 3.69. The van der Waals surface area contributed by atoms with Crippen LogP contribution in [0.25, 0.3) is 0 Å². The molecule has 0 aliphatic heterocycles. The molecule has 0 aliphatic carbocycles. The second kappa shape index (κ2) is 5.14. The first-order valence-electron chi connectivity index (χ1n) is 5.84. The van der Waals surface area contributed by atoms with E-state index in [0.717, 1.165) is 4.31 Å². The number of sulfonamides is 1.